The summed E-state index contributed by atoms with van der Waals surface area (Å²) in [7, 11) is -2.85. The molecule has 1 aliphatic rings. The van der Waals surface area contributed by atoms with E-state index in [1.54, 1.807) is 20.8 Å². The fourth-order valence-corrected chi connectivity index (χ4v) is 13.0. The van der Waals surface area contributed by atoms with Gasteiger partial charge in [0.05, 0.1) is 0 Å². The lowest BCUT2D eigenvalue weighted by Gasteiger charge is -2.39. The molecule has 0 atom stereocenters. The molecule has 1 aliphatic carbocycles. The summed E-state index contributed by atoms with van der Waals surface area (Å²) >= 11 is 0. The largest absolute Gasteiger partial charge is 0.176 e. The zero-order valence-corrected chi connectivity index (χ0v) is 33.6. The molecule has 4 aromatic rings. The molecule has 0 spiro atoms. The summed E-state index contributed by atoms with van der Waals surface area (Å²) in [5.41, 5.74) is 11.7. The minimum Gasteiger partial charge on any atom is -0.0805 e. The second-order valence-electron chi connectivity index (χ2n) is 16.6. The third-order valence-corrected chi connectivity index (χ3v) is 15.8. The molecular weight excluding hydrogens is 605 g/mol. The van der Waals surface area contributed by atoms with E-state index in [4.69, 9.17) is 0 Å². The number of hydrogen-bond acceptors (Lipinski definition) is 0. The van der Waals surface area contributed by atoms with Crippen LogP contribution in [0.3, 0.4) is 0 Å². The van der Waals surface area contributed by atoms with Gasteiger partial charge in [0.1, 0.15) is 0 Å². The van der Waals surface area contributed by atoms with Crippen LogP contribution in [-0.4, -0.2) is 8.07 Å². The first-order valence-electron chi connectivity index (χ1n) is 19.1. The molecule has 0 fully saturated rings. The predicted octanol–water partition coefficient (Wildman–Crippen LogP) is 11.9. The average molecular weight is 667 g/mol. The molecule has 0 saturated heterocycles. The molecular formula is C48H62Si. The molecule has 0 unspecified atom stereocenters. The minimum atomic E-state index is -2.85. The summed E-state index contributed by atoms with van der Waals surface area (Å²) in [4.78, 5) is 0. The van der Waals surface area contributed by atoms with Crippen molar-refractivity contribution in [3.63, 3.8) is 0 Å². The van der Waals surface area contributed by atoms with Crippen LogP contribution in [0.15, 0.2) is 108 Å². The maximum atomic E-state index is 2.64. The molecule has 0 bridgehead atoms. The quantitative estimate of drug-likeness (QED) is 0.104. The van der Waals surface area contributed by atoms with Crippen molar-refractivity contribution < 1.29 is 0 Å². The van der Waals surface area contributed by atoms with Gasteiger partial charge in [0.15, 0.2) is 8.07 Å². The van der Waals surface area contributed by atoms with Gasteiger partial charge < -0.3 is 0 Å². The van der Waals surface area contributed by atoms with Gasteiger partial charge in [-0.15, -0.1) is 0 Å². The molecule has 0 aromatic heterocycles. The van der Waals surface area contributed by atoms with Crippen LogP contribution in [0.4, 0.5) is 0 Å². The smallest absolute Gasteiger partial charge is 0.0805 e. The van der Waals surface area contributed by atoms with Crippen LogP contribution in [0.1, 0.15) is 164 Å². The van der Waals surface area contributed by atoms with E-state index in [9.17, 15) is 0 Å². The third-order valence-electron chi connectivity index (χ3n) is 11.0. The molecule has 0 saturated carbocycles. The second-order valence-corrected chi connectivity index (χ2v) is 20.5. The van der Waals surface area contributed by atoms with Crippen molar-refractivity contribution in [2.45, 2.75) is 131 Å². The van der Waals surface area contributed by atoms with E-state index >= 15 is 0 Å². The summed E-state index contributed by atoms with van der Waals surface area (Å²) < 4.78 is 0. The van der Waals surface area contributed by atoms with Crippen LogP contribution in [0.5, 0.6) is 0 Å². The van der Waals surface area contributed by atoms with Crippen LogP contribution in [0.2, 0.25) is 0 Å². The Morgan fingerprint density at radius 2 is 0.776 bits per heavy atom. The van der Waals surface area contributed by atoms with Crippen molar-refractivity contribution in [2.24, 2.45) is 0 Å². The van der Waals surface area contributed by atoms with Crippen LogP contribution < -0.4 is 15.6 Å². The molecule has 5 rings (SSSR count). The summed E-state index contributed by atoms with van der Waals surface area (Å²) in [5.74, 6) is 2.69. The van der Waals surface area contributed by atoms with Crippen molar-refractivity contribution in [1.29, 1.82) is 0 Å². The van der Waals surface area contributed by atoms with E-state index in [0.717, 1.165) is 12.8 Å². The fourth-order valence-electron chi connectivity index (χ4n) is 7.63. The first-order valence-corrected chi connectivity index (χ1v) is 21.1. The average Bonchev–Trinajstić information content (AvgIpc) is 3.53. The second kappa shape index (κ2) is 15.2. The highest BCUT2D eigenvalue weighted by molar-refractivity contribution is 7.16. The number of allylic oxidation sites excluding steroid dienone is 4. The van der Waals surface area contributed by atoms with E-state index in [2.05, 4.69) is 180 Å². The molecule has 4 aromatic carbocycles. The number of rotatable bonds is 12. The van der Waals surface area contributed by atoms with Crippen molar-refractivity contribution in [3.05, 3.63) is 147 Å². The van der Waals surface area contributed by atoms with Crippen molar-refractivity contribution in [3.8, 4) is 0 Å². The molecule has 258 valence electrons. The summed E-state index contributed by atoms with van der Waals surface area (Å²) in [5, 5.41) is 6.33. The third kappa shape index (κ3) is 7.68. The Labute approximate surface area is 300 Å². The van der Waals surface area contributed by atoms with Crippen molar-refractivity contribution in [1.82, 2.24) is 0 Å². The van der Waals surface area contributed by atoms with Crippen molar-refractivity contribution in [2.75, 3.05) is 0 Å². The standard InChI is InChI=1S/C48H62Si/c1-31(2)39-22-40(32(3)4)26-45(25-39)49(46-27-41(33(5)6)23-42(28-46)34(7)8,47-29-43(35(9)10)24-44(30-47)36(11)12)48-20-16-19-38(48)21-37-17-14-13-15-18-37/h13-19,22-36H,20-21H2,1-12H3. The lowest BCUT2D eigenvalue weighted by molar-refractivity contribution is 0.834. The Kier molecular flexibility index (Phi) is 11.4. The highest BCUT2D eigenvalue weighted by Crippen LogP contribution is 2.35. The Bertz CT molecular complexity index is 1580. The summed E-state index contributed by atoms with van der Waals surface area (Å²) in [6.45, 7) is 28.5. The van der Waals surface area contributed by atoms with Crippen LogP contribution in [-0.2, 0) is 6.42 Å². The first-order chi connectivity index (χ1) is 23.2. The molecule has 0 N–H and O–H groups in total. The monoisotopic (exact) mass is 666 g/mol. The first kappa shape index (κ1) is 36.8. The Morgan fingerprint density at radius 1 is 0.449 bits per heavy atom. The molecule has 1 heteroatoms. The normalized spacial score (nSPS) is 13.8. The van der Waals surface area contributed by atoms with Crippen LogP contribution in [0.25, 0.3) is 0 Å². The van der Waals surface area contributed by atoms with E-state index in [0.29, 0.717) is 35.5 Å². The maximum absolute atomic E-state index is 2.85. The van der Waals surface area contributed by atoms with Gasteiger partial charge in [-0.25, -0.2) is 0 Å². The van der Waals surface area contributed by atoms with Gasteiger partial charge in [-0.2, -0.15) is 0 Å². The zero-order valence-electron chi connectivity index (χ0n) is 32.6. The maximum Gasteiger partial charge on any atom is 0.176 e. The van der Waals surface area contributed by atoms with Crippen molar-refractivity contribution >= 4 is 23.6 Å². The van der Waals surface area contributed by atoms with E-state index in [-0.39, 0.29) is 0 Å². The van der Waals surface area contributed by atoms with Gasteiger partial charge in [0.2, 0.25) is 0 Å². The molecule has 0 nitrogen and oxygen atoms in total. The summed E-state index contributed by atoms with van der Waals surface area (Å²) in [6.07, 6.45) is 6.91. The Hall–Kier alpha value is -3.42. The SMILES string of the molecule is CC(C)c1cc(C(C)C)cc([Si](C2=C(Cc3ccccc3)C=CC2)(c2cc(C(C)C)cc(C(C)C)c2)c2cc(C(C)C)cc(C(C)C)c2)c1. The topological polar surface area (TPSA) is 0 Å². The molecule has 0 heterocycles. The highest BCUT2D eigenvalue weighted by atomic mass is 28.3. The van der Waals surface area contributed by atoms with Gasteiger partial charge in [0.25, 0.3) is 0 Å². The number of hydrogen-bond donors (Lipinski definition) is 0. The minimum absolute atomic E-state index is 0.449. The highest BCUT2D eigenvalue weighted by Gasteiger charge is 2.46. The van der Waals surface area contributed by atoms with Gasteiger partial charge in [-0.1, -0.05) is 185 Å². The van der Waals surface area contributed by atoms with Crippen LogP contribution in [0, 0.1) is 0 Å². The molecule has 0 amide bonds. The number of benzene rings is 4. The van der Waals surface area contributed by atoms with E-state index in [1.165, 1.54) is 44.5 Å². The van der Waals surface area contributed by atoms with E-state index in [1.807, 2.05) is 0 Å². The summed E-state index contributed by atoms with van der Waals surface area (Å²) in [6, 6.07) is 34.5. The zero-order chi connectivity index (χ0) is 35.6. The molecule has 49 heavy (non-hydrogen) atoms. The molecule has 0 aliphatic heterocycles. The van der Waals surface area contributed by atoms with Gasteiger partial charge in [-0.3, -0.25) is 0 Å². The van der Waals surface area contributed by atoms with Crippen LogP contribution >= 0.6 is 0 Å². The van der Waals surface area contributed by atoms with Gasteiger partial charge >= 0.3 is 0 Å². The molecule has 0 radical (unpaired) electrons. The Morgan fingerprint density at radius 3 is 1.08 bits per heavy atom. The Balaban J connectivity index is 2.06. The lowest BCUT2D eigenvalue weighted by atomic mass is 9.95. The van der Waals surface area contributed by atoms with E-state index < -0.39 is 8.07 Å². The van der Waals surface area contributed by atoms with Gasteiger partial charge in [0, 0.05) is 0 Å². The van der Waals surface area contributed by atoms with Gasteiger partial charge in [-0.05, 0) is 108 Å². The predicted molar refractivity (Wildman–Crippen MR) is 219 cm³/mol. The lowest BCUT2D eigenvalue weighted by Crippen LogP contribution is -2.69. The fraction of sp³-hybridized carbons (Fsp3) is 0.417.